The van der Waals surface area contributed by atoms with Gasteiger partial charge in [-0.1, -0.05) is 30.3 Å². The Morgan fingerprint density at radius 3 is 2.73 bits per heavy atom. The van der Waals surface area contributed by atoms with E-state index in [0.29, 0.717) is 26.3 Å². The van der Waals surface area contributed by atoms with Crippen LogP contribution in [-0.2, 0) is 16.1 Å². The number of hydrogen-bond donors (Lipinski definition) is 1. The molecule has 1 fully saturated rings. The van der Waals surface area contributed by atoms with E-state index in [1.54, 1.807) is 10.9 Å². The Balaban J connectivity index is 1.58. The van der Waals surface area contributed by atoms with Gasteiger partial charge in [0.2, 0.25) is 5.91 Å². The zero-order valence-electron chi connectivity index (χ0n) is 12.4. The molecule has 0 aliphatic carbocycles. The number of anilines is 1. The highest BCUT2D eigenvalue weighted by Crippen LogP contribution is 2.10. The number of rotatable bonds is 5. The molecule has 0 radical (unpaired) electrons. The van der Waals surface area contributed by atoms with Crippen LogP contribution in [0.1, 0.15) is 5.56 Å². The molecule has 6 heteroatoms. The molecular weight excluding hydrogens is 280 g/mol. The molecule has 0 unspecified atom stereocenters. The number of nitrogens with one attached hydrogen (secondary N) is 1. The first-order valence-electron chi connectivity index (χ1n) is 7.47. The zero-order valence-corrected chi connectivity index (χ0v) is 12.4. The minimum atomic E-state index is -0.0169. The number of benzene rings is 1. The number of hydrogen-bond acceptors (Lipinski definition) is 4. The average molecular weight is 300 g/mol. The fourth-order valence-electron chi connectivity index (χ4n) is 2.47. The van der Waals surface area contributed by atoms with Crippen molar-refractivity contribution in [2.45, 2.75) is 6.54 Å². The summed E-state index contributed by atoms with van der Waals surface area (Å²) in [7, 11) is 0. The van der Waals surface area contributed by atoms with Gasteiger partial charge in [0, 0.05) is 19.2 Å². The first kappa shape index (κ1) is 14.7. The van der Waals surface area contributed by atoms with Gasteiger partial charge < -0.3 is 10.1 Å². The molecular formula is C16H20N4O2. The molecule has 116 valence electrons. The van der Waals surface area contributed by atoms with E-state index in [4.69, 9.17) is 4.74 Å². The first-order chi connectivity index (χ1) is 10.8. The molecule has 0 spiro atoms. The topological polar surface area (TPSA) is 59.4 Å². The number of ether oxygens (including phenoxy) is 1. The monoisotopic (exact) mass is 300 g/mol. The van der Waals surface area contributed by atoms with Crippen LogP contribution in [0.15, 0.2) is 42.6 Å². The minimum absolute atomic E-state index is 0.0169. The second-order valence-corrected chi connectivity index (χ2v) is 5.30. The summed E-state index contributed by atoms with van der Waals surface area (Å²) in [5, 5.41) is 7.22. The summed E-state index contributed by atoms with van der Waals surface area (Å²) < 4.78 is 7.08. The smallest absolute Gasteiger partial charge is 0.239 e. The van der Waals surface area contributed by atoms with Crippen LogP contribution >= 0.6 is 0 Å². The Labute approximate surface area is 129 Å². The van der Waals surface area contributed by atoms with E-state index in [9.17, 15) is 4.79 Å². The molecule has 0 saturated carbocycles. The summed E-state index contributed by atoms with van der Waals surface area (Å²) >= 11 is 0. The van der Waals surface area contributed by atoms with Crippen LogP contribution in [0.4, 0.5) is 5.82 Å². The first-order valence-corrected chi connectivity index (χ1v) is 7.47. The van der Waals surface area contributed by atoms with Gasteiger partial charge >= 0.3 is 0 Å². The van der Waals surface area contributed by atoms with Gasteiger partial charge in [0.15, 0.2) is 0 Å². The van der Waals surface area contributed by atoms with Crippen molar-refractivity contribution in [1.82, 2.24) is 14.7 Å². The van der Waals surface area contributed by atoms with E-state index in [1.165, 1.54) is 0 Å². The van der Waals surface area contributed by atoms with Gasteiger partial charge in [-0.3, -0.25) is 9.69 Å². The van der Waals surface area contributed by atoms with Gasteiger partial charge in [-0.25, -0.2) is 4.68 Å². The van der Waals surface area contributed by atoms with Crippen molar-refractivity contribution in [3.05, 3.63) is 48.2 Å². The quantitative estimate of drug-likeness (QED) is 0.901. The molecule has 1 amide bonds. The van der Waals surface area contributed by atoms with Crippen molar-refractivity contribution >= 4 is 11.7 Å². The Hall–Kier alpha value is -2.18. The lowest BCUT2D eigenvalue weighted by Crippen LogP contribution is -2.41. The number of nitrogens with zero attached hydrogens (tertiary/aromatic N) is 3. The van der Waals surface area contributed by atoms with Crippen LogP contribution in [-0.4, -0.2) is 53.4 Å². The van der Waals surface area contributed by atoms with Crippen molar-refractivity contribution in [2.75, 3.05) is 38.2 Å². The molecule has 1 aliphatic rings. The van der Waals surface area contributed by atoms with Gasteiger partial charge in [0.1, 0.15) is 5.82 Å². The average Bonchev–Trinajstić information content (AvgIpc) is 2.96. The number of amides is 1. The normalized spacial score (nSPS) is 15.6. The van der Waals surface area contributed by atoms with Gasteiger partial charge in [-0.05, 0) is 5.56 Å². The van der Waals surface area contributed by atoms with E-state index < -0.39 is 0 Å². The Kier molecular flexibility index (Phi) is 4.82. The van der Waals surface area contributed by atoms with Crippen LogP contribution in [0, 0.1) is 0 Å². The fourth-order valence-corrected chi connectivity index (χ4v) is 2.47. The van der Waals surface area contributed by atoms with Gasteiger partial charge in [-0.15, -0.1) is 0 Å². The van der Waals surface area contributed by atoms with Crippen LogP contribution in [0.3, 0.4) is 0 Å². The molecule has 6 nitrogen and oxygen atoms in total. The third-order valence-corrected chi connectivity index (χ3v) is 3.63. The van der Waals surface area contributed by atoms with E-state index in [1.807, 2.05) is 36.4 Å². The van der Waals surface area contributed by atoms with Crippen molar-refractivity contribution in [3.8, 4) is 0 Å². The lowest BCUT2D eigenvalue weighted by molar-refractivity contribution is -0.118. The number of morpholine rings is 1. The predicted molar refractivity (Wildman–Crippen MR) is 83.7 cm³/mol. The maximum Gasteiger partial charge on any atom is 0.239 e. The lowest BCUT2D eigenvalue weighted by Gasteiger charge is -2.25. The SMILES string of the molecule is O=C(CN1CCOCC1)Nc1ccnn1Cc1ccccc1. The lowest BCUT2D eigenvalue weighted by atomic mass is 10.2. The summed E-state index contributed by atoms with van der Waals surface area (Å²) in [5.74, 6) is 0.707. The molecule has 22 heavy (non-hydrogen) atoms. The second kappa shape index (κ2) is 7.20. The van der Waals surface area contributed by atoms with Crippen LogP contribution < -0.4 is 5.32 Å². The minimum Gasteiger partial charge on any atom is -0.379 e. The summed E-state index contributed by atoms with van der Waals surface area (Å²) in [6, 6.07) is 11.9. The van der Waals surface area contributed by atoms with Crippen LogP contribution in [0.5, 0.6) is 0 Å². The molecule has 1 aliphatic heterocycles. The highest BCUT2D eigenvalue weighted by Gasteiger charge is 2.15. The van der Waals surface area contributed by atoms with E-state index in [2.05, 4.69) is 15.3 Å². The van der Waals surface area contributed by atoms with E-state index in [-0.39, 0.29) is 5.91 Å². The van der Waals surface area contributed by atoms with Crippen LogP contribution in [0.25, 0.3) is 0 Å². The van der Waals surface area contributed by atoms with Crippen molar-refractivity contribution in [1.29, 1.82) is 0 Å². The van der Waals surface area contributed by atoms with Gasteiger partial charge in [-0.2, -0.15) is 5.10 Å². The zero-order chi connectivity index (χ0) is 15.2. The molecule has 0 bridgehead atoms. The molecule has 1 saturated heterocycles. The Morgan fingerprint density at radius 2 is 1.95 bits per heavy atom. The standard InChI is InChI=1S/C16H20N4O2/c21-16(13-19-8-10-22-11-9-19)18-15-6-7-17-20(15)12-14-4-2-1-3-5-14/h1-7H,8-13H2,(H,18,21). The molecule has 3 rings (SSSR count). The fraction of sp³-hybridized carbons (Fsp3) is 0.375. The third kappa shape index (κ3) is 3.93. The Morgan fingerprint density at radius 1 is 1.18 bits per heavy atom. The molecule has 2 aromatic rings. The highest BCUT2D eigenvalue weighted by molar-refractivity contribution is 5.91. The predicted octanol–water partition coefficient (Wildman–Crippen LogP) is 1.20. The number of carbonyl (C=O) groups is 1. The summed E-state index contributed by atoms with van der Waals surface area (Å²) in [4.78, 5) is 14.2. The van der Waals surface area contributed by atoms with E-state index >= 15 is 0 Å². The summed E-state index contributed by atoms with van der Waals surface area (Å²) in [6.07, 6.45) is 1.70. The maximum absolute atomic E-state index is 12.1. The van der Waals surface area contributed by atoms with Crippen molar-refractivity contribution in [2.24, 2.45) is 0 Å². The number of carbonyl (C=O) groups excluding carboxylic acids is 1. The van der Waals surface area contributed by atoms with Gasteiger partial charge in [0.25, 0.3) is 0 Å². The highest BCUT2D eigenvalue weighted by atomic mass is 16.5. The van der Waals surface area contributed by atoms with Crippen LogP contribution in [0.2, 0.25) is 0 Å². The van der Waals surface area contributed by atoms with Gasteiger partial charge in [0.05, 0.1) is 32.5 Å². The third-order valence-electron chi connectivity index (χ3n) is 3.63. The van der Waals surface area contributed by atoms with E-state index in [0.717, 1.165) is 24.5 Å². The number of aromatic nitrogens is 2. The van der Waals surface area contributed by atoms with Crippen molar-refractivity contribution < 1.29 is 9.53 Å². The molecule has 1 aromatic heterocycles. The molecule has 1 aromatic carbocycles. The summed E-state index contributed by atoms with van der Waals surface area (Å²) in [5.41, 5.74) is 1.15. The molecule has 0 atom stereocenters. The van der Waals surface area contributed by atoms with Crippen molar-refractivity contribution in [3.63, 3.8) is 0 Å². The summed E-state index contributed by atoms with van der Waals surface area (Å²) in [6.45, 7) is 4.02. The Bertz CT molecular complexity index is 606. The largest absolute Gasteiger partial charge is 0.379 e. The molecule has 2 heterocycles. The molecule has 1 N–H and O–H groups in total. The second-order valence-electron chi connectivity index (χ2n) is 5.30. The maximum atomic E-state index is 12.1.